The number of hydrogen-bond acceptors (Lipinski definition) is 5. The molecule has 9 heteroatoms. The maximum atomic E-state index is 12.8. The second-order valence-corrected chi connectivity index (χ2v) is 6.68. The minimum atomic E-state index is -4.45. The molecule has 0 saturated carbocycles. The number of carbonyl (C=O) groups is 1. The van der Waals surface area contributed by atoms with Crippen LogP contribution in [0.25, 0.3) is 11.3 Å². The van der Waals surface area contributed by atoms with E-state index < -0.39 is 17.6 Å². The number of rotatable bonds is 7. The number of nitrogens with one attached hydrogen (secondary N) is 2. The number of halogens is 3. The zero-order chi connectivity index (χ0) is 20.9. The van der Waals surface area contributed by atoms with Crippen molar-refractivity contribution in [3.05, 3.63) is 41.1 Å². The summed E-state index contributed by atoms with van der Waals surface area (Å²) in [6, 6.07) is 6.20. The molecule has 0 fully saturated rings. The highest BCUT2D eigenvalue weighted by atomic mass is 19.4. The molecular formula is C19H21F3N4O2. The standard InChI is InChI=1S/C19H21F3N4O2/c1-11(2)12(3)25-18(27)16-15(10-24-9-8-23)17(28-26-16)13-4-6-14(7-5-13)19(20,21)22/h4-7,11-12,24H,9-10H2,1-3H3,(H,25,27)/t12-/m0/s1. The lowest BCUT2D eigenvalue weighted by atomic mass is 10.0. The summed E-state index contributed by atoms with van der Waals surface area (Å²) < 4.78 is 43.6. The van der Waals surface area contributed by atoms with Gasteiger partial charge >= 0.3 is 6.18 Å². The third kappa shape index (κ3) is 5.10. The molecule has 28 heavy (non-hydrogen) atoms. The molecule has 0 saturated heterocycles. The van der Waals surface area contributed by atoms with Crippen molar-refractivity contribution in [1.29, 1.82) is 5.26 Å². The zero-order valence-electron chi connectivity index (χ0n) is 15.7. The molecule has 0 aliphatic rings. The molecule has 0 radical (unpaired) electrons. The van der Waals surface area contributed by atoms with Crippen LogP contribution in [0.5, 0.6) is 0 Å². The fourth-order valence-corrected chi connectivity index (χ4v) is 2.37. The van der Waals surface area contributed by atoms with Gasteiger partial charge in [-0.1, -0.05) is 31.1 Å². The minimum absolute atomic E-state index is 0.0289. The van der Waals surface area contributed by atoms with Crippen LogP contribution in [0, 0.1) is 17.2 Å². The van der Waals surface area contributed by atoms with Gasteiger partial charge in [-0.05, 0) is 25.0 Å². The summed E-state index contributed by atoms with van der Waals surface area (Å²) in [4.78, 5) is 12.6. The van der Waals surface area contributed by atoms with Gasteiger partial charge in [0.2, 0.25) is 0 Å². The third-order valence-electron chi connectivity index (χ3n) is 4.34. The van der Waals surface area contributed by atoms with Crippen molar-refractivity contribution in [2.45, 2.75) is 39.5 Å². The summed E-state index contributed by atoms with van der Waals surface area (Å²) in [6.07, 6.45) is -4.45. The van der Waals surface area contributed by atoms with Crippen LogP contribution in [0.1, 0.15) is 42.4 Å². The molecule has 2 aromatic rings. The Morgan fingerprint density at radius 3 is 2.43 bits per heavy atom. The first-order valence-electron chi connectivity index (χ1n) is 8.69. The summed E-state index contributed by atoms with van der Waals surface area (Å²) in [7, 11) is 0. The normalized spacial score (nSPS) is 12.6. The van der Waals surface area contributed by atoms with E-state index in [4.69, 9.17) is 9.78 Å². The second kappa shape index (κ2) is 8.89. The van der Waals surface area contributed by atoms with Gasteiger partial charge in [-0.3, -0.25) is 4.79 Å². The lowest BCUT2D eigenvalue weighted by Crippen LogP contribution is -2.37. The summed E-state index contributed by atoms with van der Waals surface area (Å²) in [5.41, 5.74) is -0.0230. The van der Waals surface area contributed by atoms with E-state index in [1.165, 1.54) is 12.1 Å². The number of amides is 1. The van der Waals surface area contributed by atoms with E-state index in [1.54, 1.807) is 0 Å². The van der Waals surface area contributed by atoms with Crippen LogP contribution in [-0.4, -0.2) is 23.7 Å². The van der Waals surface area contributed by atoms with Gasteiger partial charge in [0.25, 0.3) is 5.91 Å². The van der Waals surface area contributed by atoms with E-state index in [9.17, 15) is 18.0 Å². The molecule has 0 aliphatic carbocycles. The van der Waals surface area contributed by atoms with Crippen molar-refractivity contribution in [2.75, 3.05) is 6.54 Å². The number of alkyl halides is 3. The lowest BCUT2D eigenvalue weighted by Gasteiger charge is -2.16. The van der Waals surface area contributed by atoms with Crippen LogP contribution < -0.4 is 10.6 Å². The van der Waals surface area contributed by atoms with Gasteiger partial charge in [0, 0.05) is 23.7 Å². The van der Waals surface area contributed by atoms with Gasteiger partial charge < -0.3 is 15.2 Å². The number of hydrogen-bond donors (Lipinski definition) is 2. The molecule has 0 aliphatic heterocycles. The van der Waals surface area contributed by atoms with Crippen molar-refractivity contribution < 1.29 is 22.5 Å². The Labute approximate surface area is 160 Å². The Hall–Kier alpha value is -2.86. The van der Waals surface area contributed by atoms with Crippen molar-refractivity contribution in [2.24, 2.45) is 5.92 Å². The predicted octanol–water partition coefficient (Wildman–Crippen LogP) is 3.75. The van der Waals surface area contributed by atoms with Crippen molar-refractivity contribution in [1.82, 2.24) is 15.8 Å². The first-order valence-corrected chi connectivity index (χ1v) is 8.69. The molecule has 1 heterocycles. The third-order valence-corrected chi connectivity index (χ3v) is 4.34. The molecule has 1 atom stereocenters. The maximum Gasteiger partial charge on any atom is 0.416 e. The lowest BCUT2D eigenvalue weighted by molar-refractivity contribution is -0.137. The molecule has 2 N–H and O–H groups in total. The molecule has 6 nitrogen and oxygen atoms in total. The SMILES string of the molecule is CC(C)[C@H](C)NC(=O)c1noc(-c2ccc(C(F)(F)F)cc2)c1CNCC#N. The monoisotopic (exact) mass is 394 g/mol. The number of benzene rings is 1. The highest BCUT2D eigenvalue weighted by molar-refractivity contribution is 5.95. The highest BCUT2D eigenvalue weighted by Crippen LogP contribution is 2.32. The van der Waals surface area contributed by atoms with Gasteiger partial charge in [-0.25, -0.2) is 0 Å². The van der Waals surface area contributed by atoms with Crippen molar-refractivity contribution >= 4 is 5.91 Å². The number of carbonyl (C=O) groups excluding carboxylic acids is 1. The van der Waals surface area contributed by atoms with Gasteiger partial charge in [0.15, 0.2) is 11.5 Å². The molecule has 0 spiro atoms. The smallest absolute Gasteiger partial charge is 0.355 e. The van der Waals surface area contributed by atoms with Crippen LogP contribution in [0.2, 0.25) is 0 Å². The molecule has 0 unspecified atom stereocenters. The predicted molar refractivity (Wildman–Crippen MR) is 96.0 cm³/mol. The molecule has 150 valence electrons. The van der Waals surface area contributed by atoms with Gasteiger partial charge in [0.05, 0.1) is 18.2 Å². The Bertz CT molecular complexity index is 852. The van der Waals surface area contributed by atoms with Crippen LogP contribution in [0.15, 0.2) is 28.8 Å². The first kappa shape index (κ1) is 21.4. The number of nitrogens with zero attached hydrogens (tertiary/aromatic N) is 2. The van der Waals surface area contributed by atoms with Crippen molar-refractivity contribution in [3.63, 3.8) is 0 Å². The van der Waals surface area contributed by atoms with Gasteiger partial charge in [-0.2, -0.15) is 18.4 Å². The maximum absolute atomic E-state index is 12.8. The topological polar surface area (TPSA) is 90.9 Å². The largest absolute Gasteiger partial charge is 0.416 e. The summed E-state index contributed by atoms with van der Waals surface area (Å²) in [5, 5.41) is 18.2. The summed E-state index contributed by atoms with van der Waals surface area (Å²) in [5.74, 6) is -0.0659. The average Bonchev–Trinajstić information content (AvgIpc) is 3.05. The Kier molecular flexibility index (Phi) is 6.80. The van der Waals surface area contributed by atoms with E-state index in [0.717, 1.165) is 12.1 Å². The fourth-order valence-electron chi connectivity index (χ4n) is 2.37. The summed E-state index contributed by atoms with van der Waals surface area (Å²) >= 11 is 0. The second-order valence-electron chi connectivity index (χ2n) is 6.68. The Balaban J connectivity index is 2.37. The summed E-state index contributed by atoms with van der Waals surface area (Å²) in [6.45, 7) is 5.90. The first-order chi connectivity index (χ1) is 13.1. The van der Waals surface area contributed by atoms with Crippen LogP contribution in [0.3, 0.4) is 0 Å². The molecule has 1 aromatic carbocycles. The van der Waals surface area contributed by atoms with Gasteiger partial charge in [-0.15, -0.1) is 0 Å². The Morgan fingerprint density at radius 1 is 1.25 bits per heavy atom. The number of aromatic nitrogens is 1. The van der Waals surface area contributed by atoms with E-state index in [1.807, 2.05) is 26.8 Å². The molecule has 1 aromatic heterocycles. The van der Waals surface area contributed by atoms with Gasteiger partial charge in [0.1, 0.15) is 0 Å². The average molecular weight is 394 g/mol. The Morgan fingerprint density at radius 2 is 1.89 bits per heavy atom. The van der Waals surface area contributed by atoms with Crippen LogP contribution >= 0.6 is 0 Å². The van der Waals surface area contributed by atoms with E-state index in [2.05, 4.69) is 15.8 Å². The van der Waals surface area contributed by atoms with E-state index in [-0.39, 0.29) is 36.5 Å². The van der Waals surface area contributed by atoms with E-state index >= 15 is 0 Å². The fraction of sp³-hybridized carbons (Fsp3) is 0.421. The van der Waals surface area contributed by atoms with Crippen molar-refractivity contribution in [3.8, 4) is 17.4 Å². The quantitative estimate of drug-likeness (QED) is 0.551. The molecule has 2 rings (SSSR count). The molecular weight excluding hydrogens is 373 g/mol. The molecule has 1 amide bonds. The number of nitriles is 1. The van der Waals surface area contributed by atoms with E-state index in [0.29, 0.717) is 11.1 Å². The molecule has 0 bridgehead atoms. The van der Waals surface area contributed by atoms with Crippen LogP contribution in [-0.2, 0) is 12.7 Å². The highest BCUT2D eigenvalue weighted by Gasteiger charge is 2.30. The minimum Gasteiger partial charge on any atom is -0.355 e. The van der Waals surface area contributed by atoms with Crippen LogP contribution in [0.4, 0.5) is 13.2 Å². The zero-order valence-corrected chi connectivity index (χ0v) is 15.7.